The van der Waals surface area contributed by atoms with E-state index in [1.165, 1.54) is 17.1 Å². The van der Waals surface area contributed by atoms with Crippen molar-refractivity contribution in [2.75, 3.05) is 0 Å². The summed E-state index contributed by atoms with van der Waals surface area (Å²) in [7, 11) is -3.70. The van der Waals surface area contributed by atoms with E-state index in [-0.39, 0.29) is 4.90 Å². The Kier molecular flexibility index (Phi) is 3.19. The molecule has 0 spiro atoms. The van der Waals surface area contributed by atoms with E-state index in [4.69, 9.17) is 16.7 Å². The molecular weight excluding hydrogens is 262 g/mol. The Bertz CT molecular complexity index is 637. The maximum absolute atomic E-state index is 11.1. The fraction of sp³-hybridized carbons (Fsp3) is 0.100. The van der Waals surface area contributed by atoms with Crippen LogP contribution in [-0.4, -0.2) is 18.2 Å². The van der Waals surface area contributed by atoms with Crippen LogP contribution in [0.5, 0.6) is 0 Å². The number of aromatic nitrogens is 2. The average Bonchev–Trinajstić information content (AvgIpc) is 2.69. The molecule has 2 rings (SSSR count). The first-order valence-corrected chi connectivity index (χ1v) is 6.68. The largest absolute Gasteiger partial charge is 0.267 e. The van der Waals surface area contributed by atoms with Crippen molar-refractivity contribution in [1.82, 2.24) is 9.78 Å². The van der Waals surface area contributed by atoms with Crippen molar-refractivity contribution in [2.45, 2.75) is 11.4 Å². The van der Waals surface area contributed by atoms with Gasteiger partial charge in [0.1, 0.15) is 4.90 Å². The maximum atomic E-state index is 11.1. The summed E-state index contributed by atoms with van der Waals surface area (Å²) >= 11 is 5.99. The molecule has 0 bridgehead atoms. The minimum Gasteiger partial charge on any atom is -0.267 e. The fourth-order valence-electron chi connectivity index (χ4n) is 1.38. The van der Waals surface area contributed by atoms with E-state index in [2.05, 4.69) is 5.10 Å². The molecule has 0 saturated carbocycles. The van der Waals surface area contributed by atoms with E-state index >= 15 is 0 Å². The molecule has 0 aliphatic rings. The molecule has 7 heteroatoms. The van der Waals surface area contributed by atoms with Gasteiger partial charge >= 0.3 is 0 Å². The molecule has 0 aliphatic heterocycles. The lowest BCUT2D eigenvalue weighted by molar-refractivity contribution is 0.597. The summed E-state index contributed by atoms with van der Waals surface area (Å²) in [6.45, 7) is 0.398. The number of hydrogen-bond acceptors (Lipinski definition) is 3. The van der Waals surface area contributed by atoms with Crippen LogP contribution in [-0.2, 0) is 16.6 Å². The van der Waals surface area contributed by atoms with Gasteiger partial charge in [0.2, 0.25) is 10.0 Å². The Labute approximate surface area is 104 Å². The maximum Gasteiger partial charge on any atom is 0.241 e. The van der Waals surface area contributed by atoms with E-state index in [0.717, 1.165) is 5.56 Å². The lowest BCUT2D eigenvalue weighted by Gasteiger charge is -2.03. The third-order valence-electron chi connectivity index (χ3n) is 2.23. The van der Waals surface area contributed by atoms with Crippen molar-refractivity contribution in [2.24, 2.45) is 5.14 Å². The number of rotatable bonds is 3. The van der Waals surface area contributed by atoms with Gasteiger partial charge in [-0.2, -0.15) is 5.10 Å². The van der Waals surface area contributed by atoms with Gasteiger partial charge < -0.3 is 0 Å². The molecule has 2 aromatic rings. The first-order valence-electron chi connectivity index (χ1n) is 4.75. The number of hydrogen-bond donors (Lipinski definition) is 1. The molecule has 0 atom stereocenters. The third-order valence-corrected chi connectivity index (χ3v) is 3.46. The summed E-state index contributed by atoms with van der Waals surface area (Å²) in [5.41, 5.74) is 0.859. The Morgan fingerprint density at radius 2 is 2.06 bits per heavy atom. The van der Waals surface area contributed by atoms with Crippen LogP contribution in [0.1, 0.15) is 5.56 Å². The van der Waals surface area contributed by atoms with E-state index in [0.29, 0.717) is 11.6 Å². The zero-order valence-corrected chi connectivity index (χ0v) is 10.3. The fourth-order valence-corrected chi connectivity index (χ4v) is 2.04. The van der Waals surface area contributed by atoms with Crippen LogP contribution >= 0.6 is 11.6 Å². The molecule has 2 N–H and O–H groups in total. The van der Waals surface area contributed by atoms with E-state index in [1.807, 2.05) is 18.2 Å². The highest BCUT2D eigenvalue weighted by molar-refractivity contribution is 7.89. The van der Waals surface area contributed by atoms with Gasteiger partial charge in [0.05, 0.1) is 12.7 Å². The second kappa shape index (κ2) is 4.48. The average molecular weight is 272 g/mol. The van der Waals surface area contributed by atoms with Crippen molar-refractivity contribution >= 4 is 21.6 Å². The van der Waals surface area contributed by atoms with E-state index < -0.39 is 10.0 Å². The minimum atomic E-state index is -3.70. The minimum absolute atomic E-state index is 0.00967. The third kappa shape index (κ3) is 2.85. The van der Waals surface area contributed by atoms with Crippen molar-refractivity contribution in [3.8, 4) is 0 Å². The highest BCUT2D eigenvalue weighted by Gasteiger charge is 2.11. The first-order chi connectivity index (χ1) is 7.97. The lowest BCUT2D eigenvalue weighted by Crippen LogP contribution is -2.11. The smallest absolute Gasteiger partial charge is 0.241 e. The van der Waals surface area contributed by atoms with Crippen molar-refractivity contribution in [3.05, 3.63) is 47.2 Å². The van der Waals surface area contributed by atoms with Gasteiger partial charge in [-0.05, 0) is 11.6 Å². The first kappa shape index (κ1) is 12.1. The van der Waals surface area contributed by atoms with Crippen LogP contribution < -0.4 is 5.14 Å². The molecule has 17 heavy (non-hydrogen) atoms. The zero-order chi connectivity index (χ0) is 12.5. The van der Waals surface area contributed by atoms with Gasteiger partial charge in [0, 0.05) is 11.2 Å². The van der Waals surface area contributed by atoms with Gasteiger partial charge in [-0.3, -0.25) is 4.68 Å². The Hall–Kier alpha value is -1.37. The molecule has 0 fully saturated rings. The lowest BCUT2D eigenvalue weighted by atomic mass is 10.2. The monoisotopic (exact) mass is 271 g/mol. The van der Waals surface area contributed by atoms with Crippen molar-refractivity contribution in [3.63, 3.8) is 0 Å². The van der Waals surface area contributed by atoms with Gasteiger partial charge in [0.25, 0.3) is 0 Å². The standard InChI is InChI=1S/C10H10ClN3O2S/c11-10-4-2-1-3-8(10)6-14-7-9(5-13-14)17(12,15)16/h1-5,7H,6H2,(H2,12,15,16). The van der Waals surface area contributed by atoms with Crippen LogP contribution in [0.2, 0.25) is 5.02 Å². The predicted molar refractivity (Wildman–Crippen MR) is 64.2 cm³/mol. The Morgan fingerprint density at radius 1 is 1.35 bits per heavy atom. The number of primary sulfonamides is 1. The van der Waals surface area contributed by atoms with Crippen LogP contribution in [0.25, 0.3) is 0 Å². The van der Waals surface area contributed by atoms with E-state index in [1.54, 1.807) is 6.07 Å². The molecule has 0 unspecified atom stereocenters. The second-order valence-electron chi connectivity index (χ2n) is 3.51. The normalized spacial score (nSPS) is 11.6. The van der Waals surface area contributed by atoms with E-state index in [9.17, 15) is 8.42 Å². The number of sulfonamides is 1. The molecular formula is C10H10ClN3O2S. The molecule has 1 heterocycles. The molecule has 0 amide bonds. The van der Waals surface area contributed by atoms with Gasteiger partial charge in [-0.1, -0.05) is 29.8 Å². The quantitative estimate of drug-likeness (QED) is 0.912. The van der Waals surface area contributed by atoms with Crippen molar-refractivity contribution in [1.29, 1.82) is 0 Å². The number of halogens is 1. The predicted octanol–water partition coefficient (Wildman–Crippen LogP) is 1.23. The Balaban J connectivity index is 2.26. The summed E-state index contributed by atoms with van der Waals surface area (Å²) in [6, 6.07) is 7.29. The summed E-state index contributed by atoms with van der Waals surface area (Å²) in [5.74, 6) is 0. The van der Waals surface area contributed by atoms with Gasteiger partial charge in [-0.25, -0.2) is 13.6 Å². The molecule has 1 aromatic carbocycles. The van der Waals surface area contributed by atoms with Crippen LogP contribution in [0.15, 0.2) is 41.6 Å². The summed E-state index contributed by atoms with van der Waals surface area (Å²) < 4.78 is 23.6. The highest BCUT2D eigenvalue weighted by atomic mass is 35.5. The van der Waals surface area contributed by atoms with Crippen LogP contribution in [0.4, 0.5) is 0 Å². The number of nitrogens with two attached hydrogens (primary N) is 1. The van der Waals surface area contributed by atoms with Gasteiger partial charge in [-0.15, -0.1) is 0 Å². The molecule has 0 saturated heterocycles. The number of benzene rings is 1. The van der Waals surface area contributed by atoms with Crippen LogP contribution in [0.3, 0.4) is 0 Å². The number of nitrogens with zero attached hydrogens (tertiary/aromatic N) is 2. The topological polar surface area (TPSA) is 78.0 Å². The SMILES string of the molecule is NS(=O)(=O)c1cnn(Cc2ccccc2Cl)c1. The molecule has 90 valence electrons. The summed E-state index contributed by atoms with van der Waals surface area (Å²) in [5, 5.41) is 9.52. The molecule has 0 aliphatic carbocycles. The summed E-state index contributed by atoms with van der Waals surface area (Å²) in [4.78, 5) is -0.00967. The second-order valence-corrected chi connectivity index (χ2v) is 5.48. The zero-order valence-electron chi connectivity index (χ0n) is 8.75. The molecule has 0 radical (unpaired) electrons. The van der Waals surface area contributed by atoms with Gasteiger partial charge in [0.15, 0.2) is 0 Å². The molecule has 5 nitrogen and oxygen atoms in total. The van der Waals surface area contributed by atoms with Crippen LogP contribution in [0, 0.1) is 0 Å². The Morgan fingerprint density at radius 3 is 2.65 bits per heavy atom. The molecule has 1 aromatic heterocycles. The van der Waals surface area contributed by atoms with Crippen molar-refractivity contribution < 1.29 is 8.42 Å². The highest BCUT2D eigenvalue weighted by Crippen LogP contribution is 2.16. The summed E-state index contributed by atoms with van der Waals surface area (Å²) in [6.07, 6.45) is 2.59.